The Bertz CT molecular complexity index is 574. The fourth-order valence-electron chi connectivity index (χ4n) is 3.51. The minimum Gasteiger partial charge on any atom is -0.459 e. The molecule has 2 saturated heterocycles. The van der Waals surface area contributed by atoms with E-state index < -0.39 is 0 Å². The molecule has 0 N–H and O–H groups in total. The molecule has 0 aromatic carbocycles. The van der Waals surface area contributed by atoms with Gasteiger partial charge in [-0.15, -0.1) is 11.8 Å². The minimum absolute atomic E-state index is 0.0167. The highest BCUT2D eigenvalue weighted by molar-refractivity contribution is 8.00. The van der Waals surface area contributed by atoms with Crippen LogP contribution in [0, 0.1) is 5.92 Å². The van der Waals surface area contributed by atoms with Crippen LogP contribution in [0.1, 0.15) is 36.2 Å². The zero-order chi connectivity index (χ0) is 15.2. The van der Waals surface area contributed by atoms with Crippen molar-refractivity contribution in [1.29, 1.82) is 0 Å². The Balaban J connectivity index is 1.47. The molecule has 3 aliphatic rings. The van der Waals surface area contributed by atoms with Crippen LogP contribution in [0.25, 0.3) is 0 Å². The molecule has 0 radical (unpaired) electrons. The molecule has 0 atom stereocenters. The SMILES string of the molecule is O=C(C1CC1)N1CCC2(CC1)SCCN2C(=O)c1ccco1. The molecule has 2 aliphatic heterocycles. The van der Waals surface area contributed by atoms with Crippen LogP contribution >= 0.6 is 11.8 Å². The Kier molecular flexibility index (Phi) is 3.44. The molecular weight excluding hydrogens is 300 g/mol. The lowest BCUT2D eigenvalue weighted by Crippen LogP contribution is -2.53. The van der Waals surface area contributed by atoms with Gasteiger partial charge in [0, 0.05) is 31.3 Å². The van der Waals surface area contributed by atoms with Crippen LogP contribution in [0.2, 0.25) is 0 Å². The molecule has 5 nitrogen and oxygen atoms in total. The number of rotatable bonds is 2. The Labute approximate surface area is 134 Å². The standard InChI is InChI=1S/C16H20N2O3S/c19-14(12-3-4-12)17-7-5-16(6-8-17)18(9-11-22-16)15(20)13-2-1-10-21-13/h1-2,10,12H,3-9,11H2. The number of carbonyl (C=O) groups is 2. The molecule has 3 fully saturated rings. The molecule has 1 spiro atoms. The fraction of sp³-hybridized carbons (Fsp3) is 0.625. The predicted octanol–water partition coefficient (Wildman–Crippen LogP) is 2.20. The summed E-state index contributed by atoms with van der Waals surface area (Å²) in [6, 6.07) is 3.48. The second-order valence-corrected chi connectivity index (χ2v) is 7.79. The second-order valence-electron chi connectivity index (χ2n) is 6.33. The van der Waals surface area contributed by atoms with Crippen molar-refractivity contribution in [3.8, 4) is 0 Å². The van der Waals surface area contributed by atoms with E-state index in [1.807, 2.05) is 21.6 Å². The summed E-state index contributed by atoms with van der Waals surface area (Å²) < 4.78 is 5.28. The van der Waals surface area contributed by atoms with E-state index in [2.05, 4.69) is 0 Å². The molecule has 2 amide bonds. The first kappa shape index (κ1) is 14.2. The molecular formula is C16H20N2O3S. The smallest absolute Gasteiger partial charge is 0.290 e. The molecule has 118 valence electrons. The zero-order valence-electron chi connectivity index (χ0n) is 12.5. The number of hydrogen-bond donors (Lipinski definition) is 0. The normalized spacial score (nSPS) is 24.0. The lowest BCUT2D eigenvalue weighted by molar-refractivity contribution is -0.134. The molecule has 6 heteroatoms. The Hall–Kier alpha value is -1.43. The van der Waals surface area contributed by atoms with Gasteiger partial charge in [-0.3, -0.25) is 9.59 Å². The molecule has 22 heavy (non-hydrogen) atoms. The summed E-state index contributed by atoms with van der Waals surface area (Å²) >= 11 is 1.86. The second kappa shape index (κ2) is 5.33. The van der Waals surface area contributed by atoms with E-state index >= 15 is 0 Å². The Morgan fingerprint density at radius 2 is 2.00 bits per heavy atom. The van der Waals surface area contributed by atoms with E-state index in [-0.39, 0.29) is 16.7 Å². The van der Waals surface area contributed by atoms with Gasteiger partial charge in [0.25, 0.3) is 5.91 Å². The summed E-state index contributed by atoms with van der Waals surface area (Å²) in [6.45, 7) is 2.30. The van der Waals surface area contributed by atoms with Crippen molar-refractivity contribution >= 4 is 23.6 Å². The number of likely N-dealkylation sites (tertiary alicyclic amines) is 1. The van der Waals surface area contributed by atoms with Gasteiger partial charge >= 0.3 is 0 Å². The molecule has 0 unspecified atom stereocenters. The molecule has 1 aromatic rings. The number of thioether (sulfide) groups is 1. The number of piperidine rings is 1. The Morgan fingerprint density at radius 1 is 1.23 bits per heavy atom. The van der Waals surface area contributed by atoms with Gasteiger partial charge in [-0.1, -0.05) is 0 Å². The highest BCUT2D eigenvalue weighted by atomic mass is 32.2. The first-order valence-electron chi connectivity index (χ1n) is 7.98. The van der Waals surface area contributed by atoms with Crippen molar-refractivity contribution in [1.82, 2.24) is 9.80 Å². The quantitative estimate of drug-likeness (QED) is 0.838. The summed E-state index contributed by atoms with van der Waals surface area (Å²) in [6.07, 6.45) is 5.38. The summed E-state index contributed by atoms with van der Waals surface area (Å²) in [5.41, 5.74) is 0. The molecule has 1 saturated carbocycles. The zero-order valence-corrected chi connectivity index (χ0v) is 13.3. The van der Waals surface area contributed by atoms with Gasteiger partial charge in [0.1, 0.15) is 0 Å². The first-order valence-corrected chi connectivity index (χ1v) is 8.96. The average molecular weight is 320 g/mol. The predicted molar refractivity (Wildman–Crippen MR) is 83.5 cm³/mol. The Morgan fingerprint density at radius 3 is 2.64 bits per heavy atom. The van der Waals surface area contributed by atoms with Crippen LogP contribution in [0.3, 0.4) is 0 Å². The molecule has 1 aromatic heterocycles. The van der Waals surface area contributed by atoms with E-state index in [4.69, 9.17) is 4.42 Å². The van der Waals surface area contributed by atoms with Crippen molar-refractivity contribution in [2.45, 2.75) is 30.6 Å². The third-order valence-electron chi connectivity index (χ3n) is 4.94. The van der Waals surface area contributed by atoms with Gasteiger partial charge in [-0.2, -0.15) is 0 Å². The lowest BCUT2D eigenvalue weighted by Gasteiger charge is -2.43. The third-order valence-corrected chi connectivity index (χ3v) is 6.49. The maximum Gasteiger partial charge on any atom is 0.290 e. The number of nitrogens with zero attached hydrogens (tertiary/aromatic N) is 2. The summed E-state index contributed by atoms with van der Waals surface area (Å²) in [5.74, 6) is 1.96. The highest BCUT2D eigenvalue weighted by Crippen LogP contribution is 2.45. The molecule has 0 bridgehead atoms. The van der Waals surface area contributed by atoms with E-state index in [0.29, 0.717) is 11.7 Å². The van der Waals surface area contributed by atoms with Crippen molar-refractivity contribution in [2.24, 2.45) is 5.92 Å². The largest absolute Gasteiger partial charge is 0.459 e. The van der Waals surface area contributed by atoms with Crippen LogP contribution in [-0.4, -0.2) is 51.9 Å². The van der Waals surface area contributed by atoms with Gasteiger partial charge < -0.3 is 14.2 Å². The average Bonchev–Trinajstić information content (AvgIpc) is 3.09. The van der Waals surface area contributed by atoms with Crippen LogP contribution in [0.5, 0.6) is 0 Å². The van der Waals surface area contributed by atoms with Crippen molar-refractivity contribution in [3.63, 3.8) is 0 Å². The number of furan rings is 1. The van der Waals surface area contributed by atoms with Gasteiger partial charge in [0.05, 0.1) is 11.1 Å². The van der Waals surface area contributed by atoms with E-state index in [9.17, 15) is 9.59 Å². The number of hydrogen-bond acceptors (Lipinski definition) is 4. The molecule has 4 rings (SSSR count). The van der Waals surface area contributed by atoms with Crippen LogP contribution in [0.15, 0.2) is 22.8 Å². The lowest BCUT2D eigenvalue weighted by atomic mass is 10.0. The number of carbonyl (C=O) groups excluding carboxylic acids is 2. The maximum absolute atomic E-state index is 12.7. The van der Waals surface area contributed by atoms with Gasteiger partial charge in [0.2, 0.25) is 5.91 Å². The topological polar surface area (TPSA) is 53.8 Å². The summed E-state index contributed by atoms with van der Waals surface area (Å²) in [4.78, 5) is 28.7. The number of amides is 2. The third kappa shape index (κ3) is 2.33. The van der Waals surface area contributed by atoms with Crippen molar-refractivity contribution < 1.29 is 14.0 Å². The van der Waals surface area contributed by atoms with Crippen LogP contribution in [-0.2, 0) is 4.79 Å². The highest BCUT2D eigenvalue weighted by Gasteiger charge is 2.48. The van der Waals surface area contributed by atoms with E-state index in [1.54, 1.807) is 18.4 Å². The van der Waals surface area contributed by atoms with Gasteiger partial charge in [-0.05, 0) is 37.8 Å². The summed E-state index contributed by atoms with van der Waals surface area (Å²) in [5, 5.41) is 0. The fourth-order valence-corrected chi connectivity index (χ4v) is 4.96. The minimum atomic E-state index is -0.149. The van der Waals surface area contributed by atoms with Crippen LogP contribution < -0.4 is 0 Å². The molecule has 3 heterocycles. The summed E-state index contributed by atoms with van der Waals surface area (Å²) in [7, 11) is 0. The van der Waals surface area contributed by atoms with Gasteiger partial charge in [0.15, 0.2) is 5.76 Å². The monoisotopic (exact) mass is 320 g/mol. The van der Waals surface area contributed by atoms with E-state index in [1.165, 1.54) is 0 Å². The van der Waals surface area contributed by atoms with Crippen LogP contribution in [0.4, 0.5) is 0 Å². The van der Waals surface area contributed by atoms with Crippen molar-refractivity contribution in [3.05, 3.63) is 24.2 Å². The van der Waals surface area contributed by atoms with Gasteiger partial charge in [-0.25, -0.2) is 0 Å². The van der Waals surface area contributed by atoms with E-state index in [0.717, 1.165) is 51.1 Å². The maximum atomic E-state index is 12.7. The van der Waals surface area contributed by atoms with Crippen molar-refractivity contribution in [2.75, 3.05) is 25.4 Å². The first-order chi connectivity index (χ1) is 10.7. The molecule has 1 aliphatic carbocycles.